The highest BCUT2D eigenvalue weighted by Gasteiger charge is 2.30. The summed E-state index contributed by atoms with van der Waals surface area (Å²) in [7, 11) is -1.77. The second-order valence-electron chi connectivity index (χ2n) is 8.87. The smallest absolute Gasteiger partial charge is 0.412 e. The number of piperidine rings is 1. The van der Waals surface area contributed by atoms with Crippen molar-refractivity contribution >= 4 is 33.4 Å². The van der Waals surface area contributed by atoms with Gasteiger partial charge in [0.25, 0.3) is 0 Å². The molecule has 1 aliphatic rings. The maximum absolute atomic E-state index is 12.7. The fourth-order valence-corrected chi connectivity index (χ4v) is 5.07. The van der Waals surface area contributed by atoms with Crippen molar-refractivity contribution < 1.29 is 27.5 Å². The lowest BCUT2D eigenvalue weighted by Gasteiger charge is -2.30. The summed E-state index contributed by atoms with van der Waals surface area (Å²) in [5.41, 5.74) is 0.221. The number of anilines is 2. The van der Waals surface area contributed by atoms with Crippen LogP contribution in [0.2, 0.25) is 0 Å². The number of benzene rings is 1. The standard InChI is InChI=1S/C22H35N3O6S/c1-6-7-14-32(28,29)25-12-10-16(11-13-25)20(26)23-17-8-9-19(30-5)18(15-17)24-21(27)31-22(2,3)4/h8-9,15-16H,6-7,10-14H2,1-5H3,(H,23,26)(H,24,27). The molecule has 0 aliphatic carbocycles. The Morgan fingerprint density at radius 1 is 1.16 bits per heavy atom. The van der Waals surface area contributed by atoms with Gasteiger partial charge in [-0.3, -0.25) is 10.1 Å². The number of rotatable bonds is 8. The number of unbranched alkanes of at least 4 members (excludes halogenated alkanes) is 1. The van der Waals surface area contributed by atoms with Crippen molar-refractivity contribution in [1.29, 1.82) is 0 Å². The van der Waals surface area contributed by atoms with Gasteiger partial charge in [-0.25, -0.2) is 17.5 Å². The average molecular weight is 470 g/mol. The van der Waals surface area contributed by atoms with Crippen molar-refractivity contribution in [3.05, 3.63) is 18.2 Å². The third-order valence-corrected chi connectivity index (χ3v) is 7.03. The maximum Gasteiger partial charge on any atom is 0.412 e. The molecule has 10 heteroatoms. The number of methoxy groups -OCH3 is 1. The Hall–Kier alpha value is -2.33. The highest BCUT2D eigenvalue weighted by atomic mass is 32.2. The van der Waals surface area contributed by atoms with Crippen LogP contribution >= 0.6 is 0 Å². The van der Waals surface area contributed by atoms with E-state index in [0.717, 1.165) is 6.42 Å². The molecule has 1 aliphatic heterocycles. The maximum atomic E-state index is 12.7. The number of nitrogens with zero attached hydrogens (tertiary/aromatic N) is 1. The Morgan fingerprint density at radius 3 is 2.38 bits per heavy atom. The fraction of sp³-hybridized carbons (Fsp3) is 0.636. The van der Waals surface area contributed by atoms with Crippen LogP contribution in [0.3, 0.4) is 0 Å². The molecule has 0 aromatic heterocycles. The van der Waals surface area contributed by atoms with Crippen LogP contribution in [0.15, 0.2) is 18.2 Å². The lowest BCUT2D eigenvalue weighted by atomic mass is 9.97. The molecule has 0 spiro atoms. The van der Waals surface area contributed by atoms with E-state index in [-0.39, 0.29) is 17.6 Å². The third kappa shape index (κ3) is 7.67. The summed E-state index contributed by atoms with van der Waals surface area (Å²) in [4.78, 5) is 24.9. The minimum absolute atomic E-state index is 0.152. The van der Waals surface area contributed by atoms with E-state index in [0.29, 0.717) is 49.5 Å². The van der Waals surface area contributed by atoms with Crippen LogP contribution in [-0.4, -0.2) is 56.3 Å². The highest BCUT2D eigenvalue weighted by Crippen LogP contribution is 2.29. The second kappa shape index (κ2) is 11.0. The Bertz CT molecular complexity index is 903. The van der Waals surface area contributed by atoms with E-state index in [4.69, 9.17) is 9.47 Å². The monoisotopic (exact) mass is 469 g/mol. The first-order valence-electron chi connectivity index (χ1n) is 10.9. The van der Waals surface area contributed by atoms with Gasteiger partial charge in [0, 0.05) is 24.7 Å². The van der Waals surface area contributed by atoms with Crippen molar-refractivity contribution in [1.82, 2.24) is 4.31 Å². The largest absolute Gasteiger partial charge is 0.495 e. The van der Waals surface area contributed by atoms with E-state index in [1.807, 2.05) is 6.92 Å². The first-order chi connectivity index (χ1) is 14.9. The quantitative estimate of drug-likeness (QED) is 0.598. The summed E-state index contributed by atoms with van der Waals surface area (Å²) in [5.74, 6) is 0.125. The average Bonchev–Trinajstić information content (AvgIpc) is 2.71. The Balaban J connectivity index is 1.99. The van der Waals surface area contributed by atoms with Crippen LogP contribution < -0.4 is 15.4 Å². The van der Waals surface area contributed by atoms with Gasteiger partial charge in [0.1, 0.15) is 11.4 Å². The summed E-state index contributed by atoms with van der Waals surface area (Å²) < 4.78 is 36.7. The second-order valence-corrected chi connectivity index (χ2v) is 11.0. The van der Waals surface area contributed by atoms with Gasteiger partial charge in [-0.05, 0) is 58.2 Å². The minimum atomic E-state index is -3.26. The van der Waals surface area contributed by atoms with Crippen molar-refractivity contribution in [2.24, 2.45) is 5.92 Å². The third-order valence-electron chi connectivity index (χ3n) is 5.08. The lowest BCUT2D eigenvalue weighted by Crippen LogP contribution is -2.42. The number of amides is 2. The van der Waals surface area contributed by atoms with E-state index < -0.39 is 21.7 Å². The van der Waals surface area contributed by atoms with Gasteiger partial charge in [-0.2, -0.15) is 0 Å². The predicted molar refractivity (Wildman–Crippen MR) is 124 cm³/mol. The van der Waals surface area contributed by atoms with E-state index in [9.17, 15) is 18.0 Å². The first kappa shape index (κ1) is 25.9. The molecule has 1 aromatic rings. The molecule has 2 amide bonds. The van der Waals surface area contributed by atoms with Gasteiger partial charge in [-0.1, -0.05) is 13.3 Å². The normalized spacial score (nSPS) is 15.8. The van der Waals surface area contributed by atoms with Crippen molar-refractivity contribution in [3.63, 3.8) is 0 Å². The van der Waals surface area contributed by atoms with Crippen molar-refractivity contribution in [3.8, 4) is 5.75 Å². The van der Waals surface area contributed by atoms with E-state index in [2.05, 4.69) is 10.6 Å². The zero-order valence-electron chi connectivity index (χ0n) is 19.6. The molecule has 180 valence electrons. The van der Waals surface area contributed by atoms with Crippen LogP contribution in [0.5, 0.6) is 5.75 Å². The molecular formula is C22H35N3O6S. The summed E-state index contributed by atoms with van der Waals surface area (Å²) in [6, 6.07) is 4.93. The molecule has 0 bridgehead atoms. The number of hydrogen-bond acceptors (Lipinski definition) is 6. The Morgan fingerprint density at radius 2 is 1.81 bits per heavy atom. The lowest BCUT2D eigenvalue weighted by molar-refractivity contribution is -0.120. The van der Waals surface area contributed by atoms with Crippen molar-refractivity contribution in [2.45, 2.75) is 59.0 Å². The zero-order chi connectivity index (χ0) is 23.9. The SMILES string of the molecule is CCCCS(=O)(=O)N1CCC(C(=O)Nc2ccc(OC)c(NC(=O)OC(C)(C)C)c2)CC1. The fourth-order valence-electron chi connectivity index (χ4n) is 3.39. The summed E-state index contributed by atoms with van der Waals surface area (Å²) in [6.45, 7) is 7.94. The molecule has 0 saturated carbocycles. The molecule has 1 aromatic carbocycles. The number of nitrogens with one attached hydrogen (secondary N) is 2. The molecule has 2 N–H and O–H groups in total. The van der Waals surface area contributed by atoms with Crippen molar-refractivity contribution in [2.75, 3.05) is 36.6 Å². The van der Waals surface area contributed by atoms with Gasteiger partial charge in [0.15, 0.2) is 0 Å². The number of hydrogen-bond donors (Lipinski definition) is 2. The minimum Gasteiger partial charge on any atom is -0.495 e. The van der Waals surface area contributed by atoms with E-state index >= 15 is 0 Å². The van der Waals surface area contributed by atoms with E-state index in [1.165, 1.54) is 11.4 Å². The van der Waals surface area contributed by atoms with Gasteiger partial charge in [0.05, 0.1) is 18.6 Å². The van der Waals surface area contributed by atoms with Crippen LogP contribution in [0.1, 0.15) is 53.4 Å². The molecular weight excluding hydrogens is 434 g/mol. The molecule has 32 heavy (non-hydrogen) atoms. The first-order valence-corrected chi connectivity index (χ1v) is 12.5. The number of sulfonamides is 1. The number of carbonyl (C=O) groups excluding carboxylic acids is 2. The van der Waals surface area contributed by atoms with Crippen LogP contribution in [0, 0.1) is 5.92 Å². The summed E-state index contributed by atoms with van der Waals surface area (Å²) in [6.07, 6.45) is 1.77. The molecule has 1 heterocycles. The van der Waals surface area contributed by atoms with Gasteiger partial charge in [0.2, 0.25) is 15.9 Å². The molecule has 2 rings (SSSR count). The van der Waals surface area contributed by atoms with E-state index in [1.54, 1.807) is 39.0 Å². The van der Waals surface area contributed by atoms with Gasteiger partial charge < -0.3 is 14.8 Å². The summed E-state index contributed by atoms with van der Waals surface area (Å²) >= 11 is 0. The summed E-state index contributed by atoms with van der Waals surface area (Å²) in [5, 5.41) is 5.50. The molecule has 0 radical (unpaired) electrons. The highest BCUT2D eigenvalue weighted by molar-refractivity contribution is 7.89. The molecule has 0 atom stereocenters. The topological polar surface area (TPSA) is 114 Å². The number of carbonyl (C=O) groups is 2. The van der Waals surface area contributed by atoms with Gasteiger partial charge in [-0.15, -0.1) is 0 Å². The van der Waals surface area contributed by atoms with Crippen LogP contribution in [-0.2, 0) is 19.6 Å². The molecule has 1 saturated heterocycles. The molecule has 1 fully saturated rings. The van der Waals surface area contributed by atoms with Crippen LogP contribution in [0.25, 0.3) is 0 Å². The molecule has 0 unspecified atom stereocenters. The zero-order valence-corrected chi connectivity index (χ0v) is 20.4. The van der Waals surface area contributed by atoms with Crippen LogP contribution in [0.4, 0.5) is 16.2 Å². The Labute approximate surface area is 190 Å². The number of ether oxygens (including phenoxy) is 2. The molecule has 9 nitrogen and oxygen atoms in total. The van der Waals surface area contributed by atoms with Gasteiger partial charge >= 0.3 is 6.09 Å². The predicted octanol–water partition coefficient (Wildman–Crippen LogP) is 3.82. The Kier molecular flexibility index (Phi) is 8.91.